The summed E-state index contributed by atoms with van der Waals surface area (Å²) in [4.78, 5) is 9.04. The Bertz CT molecular complexity index is 428. The van der Waals surface area contributed by atoms with Gasteiger partial charge in [-0.2, -0.15) is 5.26 Å². The van der Waals surface area contributed by atoms with Gasteiger partial charge in [0.25, 0.3) is 0 Å². The minimum Gasteiger partial charge on any atom is -0.237 e. The maximum Gasteiger partial charge on any atom is 0.145 e. The summed E-state index contributed by atoms with van der Waals surface area (Å²) in [7, 11) is 0. The summed E-state index contributed by atoms with van der Waals surface area (Å²) in [5.41, 5.74) is 2.14. The van der Waals surface area contributed by atoms with Crippen LogP contribution in [0.25, 0.3) is 0 Å². The van der Waals surface area contributed by atoms with Gasteiger partial charge in [-0.15, -0.1) is 0 Å². The van der Waals surface area contributed by atoms with Crippen molar-refractivity contribution in [3.63, 3.8) is 0 Å². The zero-order valence-corrected chi connectivity index (χ0v) is 10.6. The smallest absolute Gasteiger partial charge is 0.145 e. The first-order valence-electron chi connectivity index (χ1n) is 6.49. The maximum absolute atomic E-state index is 9.10. The fraction of sp³-hybridized carbons (Fsp3) is 0.643. The second-order valence-corrected chi connectivity index (χ2v) is 4.86. The Morgan fingerprint density at radius 3 is 2.71 bits per heavy atom. The lowest BCUT2D eigenvalue weighted by Crippen LogP contribution is -2.07. The van der Waals surface area contributed by atoms with Crippen LogP contribution in [0.4, 0.5) is 0 Å². The second-order valence-electron chi connectivity index (χ2n) is 4.86. The molecule has 1 atom stereocenters. The lowest BCUT2D eigenvalue weighted by Gasteiger charge is -2.12. The van der Waals surface area contributed by atoms with Crippen LogP contribution in [0.15, 0.2) is 6.07 Å². The minimum absolute atomic E-state index is 0.157. The van der Waals surface area contributed by atoms with Crippen LogP contribution in [0.2, 0.25) is 0 Å². The van der Waals surface area contributed by atoms with Crippen molar-refractivity contribution in [3.05, 3.63) is 23.3 Å². The van der Waals surface area contributed by atoms with Gasteiger partial charge in [0.05, 0.1) is 6.07 Å². The van der Waals surface area contributed by atoms with E-state index in [-0.39, 0.29) is 5.92 Å². The van der Waals surface area contributed by atoms with E-state index < -0.39 is 0 Å². The fourth-order valence-electron chi connectivity index (χ4n) is 2.53. The number of nitriles is 1. The van der Waals surface area contributed by atoms with Crippen molar-refractivity contribution < 1.29 is 0 Å². The molecule has 0 amide bonds. The highest BCUT2D eigenvalue weighted by molar-refractivity contribution is 5.19. The topological polar surface area (TPSA) is 49.6 Å². The first-order valence-corrected chi connectivity index (χ1v) is 6.49. The van der Waals surface area contributed by atoms with Crippen molar-refractivity contribution in [3.8, 4) is 6.07 Å². The van der Waals surface area contributed by atoms with Gasteiger partial charge in [0.2, 0.25) is 0 Å². The Morgan fingerprint density at radius 2 is 2.12 bits per heavy atom. The van der Waals surface area contributed by atoms with Crippen molar-refractivity contribution in [1.29, 1.82) is 5.26 Å². The number of rotatable bonds is 3. The normalized spacial score (nSPS) is 17.9. The molecule has 1 fully saturated rings. The zero-order valence-electron chi connectivity index (χ0n) is 10.6. The molecule has 0 aromatic carbocycles. The summed E-state index contributed by atoms with van der Waals surface area (Å²) in [5, 5.41) is 9.10. The predicted molar refractivity (Wildman–Crippen MR) is 66.6 cm³/mol. The first kappa shape index (κ1) is 12.0. The summed E-state index contributed by atoms with van der Waals surface area (Å²) < 4.78 is 0. The highest BCUT2D eigenvalue weighted by Crippen LogP contribution is 2.33. The second kappa shape index (κ2) is 5.27. The average molecular weight is 229 g/mol. The molecule has 3 nitrogen and oxygen atoms in total. The van der Waals surface area contributed by atoms with Crippen LogP contribution in [0.5, 0.6) is 0 Å². The Balaban J connectivity index is 2.32. The molecule has 17 heavy (non-hydrogen) atoms. The quantitative estimate of drug-likeness (QED) is 0.797. The number of hydrogen-bond acceptors (Lipinski definition) is 3. The molecule has 1 aromatic rings. The van der Waals surface area contributed by atoms with E-state index in [1.807, 2.05) is 13.8 Å². The van der Waals surface area contributed by atoms with Gasteiger partial charge < -0.3 is 0 Å². The van der Waals surface area contributed by atoms with Gasteiger partial charge >= 0.3 is 0 Å². The van der Waals surface area contributed by atoms with Crippen molar-refractivity contribution in [2.45, 2.75) is 57.8 Å². The van der Waals surface area contributed by atoms with E-state index in [1.54, 1.807) is 0 Å². The molecule has 3 heteroatoms. The molecule has 1 saturated carbocycles. The summed E-state index contributed by atoms with van der Waals surface area (Å²) in [5.74, 6) is 1.15. The van der Waals surface area contributed by atoms with Gasteiger partial charge in [-0.05, 0) is 32.3 Å². The molecular formula is C14H19N3. The van der Waals surface area contributed by atoms with E-state index in [9.17, 15) is 0 Å². The maximum atomic E-state index is 9.10. The first-order chi connectivity index (χ1) is 8.24. The third kappa shape index (κ3) is 2.63. The van der Waals surface area contributed by atoms with Crippen LogP contribution in [0, 0.1) is 18.3 Å². The van der Waals surface area contributed by atoms with Crippen LogP contribution < -0.4 is 0 Å². The molecule has 1 unspecified atom stereocenters. The van der Waals surface area contributed by atoms with Crippen molar-refractivity contribution in [2.24, 2.45) is 0 Å². The highest BCUT2D eigenvalue weighted by atomic mass is 14.9. The van der Waals surface area contributed by atoms with Crippen molar-refractivity contribution in [2.75, 3.05) is 0 Å². The van der Waals surface area contributed by atoms with Crippen LogP contribution in [-0.4, -0.2) is 9.97 Å². The molecule has 1 aliphatic carbocycles. The van der Waals surface area contributed by atoms with Gasteiger partial charge in [-0.3, -0.25) is 0 Å². The third-order valence-electron chi connectivity index (χ3n) is 3.54. The molecule has 0 N–H and O–H groups in total. The molecular weight excluding hydrogens is 210 g/mol. The molecule has 0 aliphatic heterocycles. The number of hydrogen-bond donors (Lipinski definition) is 0. The van der Waals surface area contributed by atoms with Crippen LogP contribution in [0.3, 0.4) is 0 Å². The lowest BCUT2D eigenvalue weighted by molar-refractivity contribution is 0.663. The largest absolute Gasteiger partial charge is 0.237 e. The van der Waals surface area contributed by atoms with Crippen molar-refractivity contribution >= 4 is 0 Å². The molecule has 1 aliphatic rings. The zero-order chi connectivity index (χ0) is 12.3. The summed E-state index contributed by atoms with van der Waals surface area (Å²) >= 11 is 0. The Morgan fingerprint density at radius 1 is 1.41 bits per heavy atom. The SMILES string of the molecule is CCC(C#N)c1nc(C)cc(C2CCCC2)n1. The third-order valence-corrected chi connectivity index (χ3v) is 3.54. The number of aryl methyl sites for hydroxylation is 1. The Kier molecular flexibility index (Phi) is 3.73. The molecule has 0 spiro atoms. The van der Waals surface area contributed by atoms with Crippen LogP contribution >= 0.6 is 0 Å². The molecule has 0 radical (unpaired) electrons. The Hall–Kier alpha value is -1.43. The van der Waals surface area contributed by atoms with E-state index in [0.717, 1.165) is 23.6 Å². The van der Waals surface area contributed by atoms with Crippen LogP contribution in [0.1, 0.15) is 68.1 Å². The van der Waals surface area contributed by atoms with E-state index in [0.29, 0.717) is 5.92 Å². The monoisotopic (exact) mass is 229 g/mol. The van der Waals surface area contributed by atoms with E-state index >= 15 is 0 Å². The summed E-state index contributed by atoms with van der Waals surface area (Å²) in [6.45, 7) is 4.00. The van der Waals surface area contributed by atoms with Gasteiger partial charge in [0.15, 0.2) is 0 Å². The van der Waals surface area contributed by atoms with Gasteiger partial charge in [-0.25, -0.2) is 9.97 Å². The summed E-state index contributed by atoms with van der Waals surface area (Å²) in [6, 6.07) is 4.37. The van der Waals surface area contributed by atoms with Crippen LogP contribution in [-0.2, 0) is 0 Å². The molecule has 1 aromatic heterocycles. The predicted octanol–water partition coefficient (Wildman–Crippen LogP) is 3.46. The van der Waals surface area contributed by atoms with E-state index in [2.05, 4.69) is 22.1 Å². The van der Waals surface area contributed by atoms with E-state index in [1.165, 1.54) is 25.7 Å². The Labute approximate surface area is 103 Å². The van der Waals surface area contributed by atoms with E-state index in [4.69, 9.17) is 5.26 Å². The molecule has 90 valence electrons. The molecule has 2 rings (SSSR count). The summed E-state index contributed by atoms with van der Waals surface area (Å²) in [6.07, 6.45) is 5.86. The van der Waals surface area contributed by atoms with Gasteiger partial charge in [0, 0.05) is 17.3 Å². The standard InChI is InChI=1S/C14H19N3/c1-3-11(9-15)14-16-10(2)8-13(17-14)12-6-4-5-7-12/h8,11-12H,3-7H2,1-2H3. The molecule has 1 heterocycles. The number of nitrogens with zero attached hydrogens (tertiary/aromatic N) is 3. The van der Waals surface area contributed by atoms with Crippen molar-refractivity contribution in [1.82, 2.24) is 9.97 Å². The minimum atomic E-state index is -0.157. The fourth-order valence-corrected chi connectivity index (χ4v) is 2.53. The molecule has 0 bridgehead atoms. The lowest BCUT2D eigenvalue weighted by atomic mass is 10.0. The average Bonchev–Trinajstić information content (AvgIpc) is 2.83. The van der Waals surface area contributed by atoms with Gasteiger partial charge in [-0.1, -0.05) is 19.8 Å². The number of aromatic nitrogens is 2. The molecule has 0 saturated heterocycles. The highest BCUT2D eigenvalue weighted by Gasteiger charge is 2.21. The van der Waals surface area contributed by atoms with Gasteiger partial charge in [0.1, 0.15) is 11.7 Å².